The van der Waals surface area contributed by atoms with Crippen molar-refractivity contribution in [2.24, 2.45) is 0 Å². The SMILES string of the molecule is O=C(COc1ccc(C2SCCS2)cc1)NCCc1ccc(Cl)cc1. The van der Waals surface area contributed by atoms with Gasteiger partial charge < -0.3 is 10.1 Å². The second-order valence-electron chi connectivity index (χ2n) is 5.66. The van der Waals surface area contributed by atoms with E-state index in [1.807, 2.05) is 59.9 Å². The highest BCUT2D eigenvalue weighted by Crippen LogP contribution is 2.45. The van der Waals surface area contributed by atoms with E-state index >= 15 is 0 Å². The van der Waals surface area contributed by atoms with E-state index in [9.17, 15) is 4.79 Å². The highest BCUT2D eigenvalue weighted by Gasteiger charge is 2.17. The third kappa shape index (κ3) is 5.87. The Hall–Kier alpha value is -1.30. The van der Waals surface area contributed by atoms with E-state index in [2.05, 4.69) is 17.4 Å². The zero-order valence-corrected chi connectivity index (χ0v) is 16.1. The standard InChI is InChI=1S/C19H20ClNO2S2/c20-16-5-1-14(2-6-16)9-10-21-18(22)13-23-17-7-3-15(4-8-17)19-24-11-12-25-19/h1-8,19H,9-13H2,(H,21,22). The highest BCUT2D eigenvalue weighted by molar-refractivity contribution is 8.19. The van der Waals surface area contributed by atoms with Gasteiger partial charge in [-0.25, -0.2) is 0 Å². The summed E-state index contributed by atoms with van der Waals surface area (Å²) in [4.78, 5) is 11.9. The van der Waals surface area contributed by atoms with Gasteiger partial charge in [0.15, 0.2) is 6.61 Å². The van der Waals surface area contributed by atoms with E-state index in [4.69, 9.17) is 16.3 Å². The van der Waals surface area contributed by atoms with Crippen LogP contribution in [0.4, 0.5) is 0 Å². The molecular formula is C19H20ClNO2S2. The molecule has 0 aromatic heterocycles. The van der Waals surface area contributed by atoms with Gasteiger partial charge in [-0.1, -0.05) is 35.9 Å². The van der Waals surface area contributed by atoms with Crippen LogP contribution in [0.5, 0.6) is 5.75 Å². The van der Waals surface area contributed by atoms with Gasteiger partial charge in [-0.2, -0.15) is 0 Å². The summed E-state index contributed by atoms with van der Waals surface area (Å²) < 4.78 is 6.09. The van der Waals surface area contributed by atoms with E-state index in [0.29, 0.717) is 11.1 Å². The molecule has 3 rings (SSSR count). The van der Waals surface area contributed by atoms with Crippen molar-refractivity contribution in [1.29, 1.82) is 0 Å². The maximum Gasteiger partial charge on any atom is 0.257 e. The minimum atomic E-state index is -0.111. The maximum atomic E-state index is 11.9. The molecule has 3 nitrogen and oxygen atoms in total. The maximum absolute atomic E-state index is 11.9. The third-order valence-corrected chi connectivity index (χ3v) is 7.15. The number of nitrogens with one attached hydrogen (secondary N) is 1. The predicted octanol–water partition coefficient (Wildman–Crippen LogP) is 4.56. The van der Waals surface area contributed by atoms with Crippen LogP contribution in [-0.2, 0) is 11.2 Å². The largest absolute Gasteiger partial charge is 0.484 e. The number of hydrogen-bond acceptors (Lipinski definition) is 4. The molecule has 0 atom stereocenters. The fourth-order valence-electron chi connectivity index (χ4n) is 2.47. The topological polar surface area (TPSA) is 38.3 Å². The van der Waals surface area contributed by atoms with E-state index < -0.39 is 0 Å². The lowest BCUT2D eigenvalue weighted by Gasteiger charge is -2.10. The Kier molecular flexibility index (Phi) is 6.96. The number of carbonyl (C=O) groups is 1. The van der Waals surface area contributed by atoms with Gasteiger partial charge in [0.2, 0.25) is 0 Å². The molecule has 1 heterocycles. The molecule has 0 saturated carbocycles. The van der Waals surface area contributed by atoms with Crippen LogP contribution in [0, 0.1) is 0 Å². The van der Waals surface area contributed by atoms with Crippen molar-refractivity contribution in [1.82, 2.24) is 5.32 Å². The van der Waals surface area contributed by atoms with Crippen LogP contribution in [0.1, 0.15) is 15.7 Å². The third-order valence-electron chi connectivity index (χ3n) is 3.79. The van der Waals surface area contributed by atoms with Gasteiger partial charge in [-0.05, 0) is 41.8 Å². The van der Waals surface area contributed by atoms with Gasteiger partial charge in [0.05, 0.1) is 4.58 Å². The zero-order valence-electron chi connectivity index (χ0n) is 13.7. The molecule has 1 aliphatic heterocycles. The van der Waals surface area contributed by atoms with Gasteiger partial charge in [0, 0.05) is 23.1 Å². The molecule has 0 radical (unpaired) electrons. The summed E-state index contributed by atoms with van der Waals surface area (Å²) in [7, 11) is 0. The quantitative estimate of drug-likeness (QED) is 0.748. The molecule has 0 unspecified atom stereocenters. The Morgan fingerprint density at radius 3 is 2.44 bits per heavy atom. The second kappa shape index (κ2) is 9.41. The lowest BCUT2D eigenvalue weighted by Crippen LogP contribution is -2.30. The number of carbonyl (C=O) groups excluding carboxylic acids is 1. The Bertz CT molecular complexity index is 686. The number of hydrogen-bond donors (Lipinski definition) is 1. The first-order valence-corrected chi connectivity index (χ1v) is 10.7. The van der Waals surface area contributed by atoms with Crippen molar-refractivity contribution < 1.29 is 9.53 Å². The number of benzene rings is 2. The van der Waals surface area contributed by atoms with Crippen LogP contribution in [0.25, 0.3) is 0 Å². The summed E-state index contributed by atoms with van der Waals surface area (Å²) in [6.07, 6.45) is 0.772. The van der Waals surface area contributed by atoms with Crippen molar-refractivity contribution in [2.45, 2.75) is 11.0 Å². The summed E-state index contributed by atoms with van der Waals surface area (Å²) in [6, 6.07) is 15.7. The molecule has 1 aliphatic rings. The molecule has 0 aliphatic carbocycles. The molecular weight excluding hydrogens is 374 g/mol. The lowest BCUT2D eigenvalue weighted by molar-refractivity contribution is -0.123. The Morgan fingerprint density at radius 2 is 1.76 bits per heavy atom. The van der Waals surface area contributed by atoms with E-state index in [-0.39, 0.29) is 12.5 Å². The fourth-order valence-corrected chi connectivity index (χ4v) is 5.45. The number of rotatable bonds is 7. The molecule has 1 amide bonds. The number of amides is 1. The average Bonchev–Trinajstić information content (AvgIpc) is 3.17. The normalized spacial score (nSPS) is 14.4. The van der Waals surface area contributed by atoms with E-state index in [1.165, 1.54) is 17.1 Å². The van der Waals surface area contributed by atoms with Gasteiger partial charge in [0.25, 0.3) is 5.91 Å². The Balaban J connectivity index is 1.37. The van der Waals surface area contributed by atoms with Crippen LogP contribution in [0.3, 0.4) is 0 Å². The van der Waals surface area contributed by atoms with Crippen LogP contribution in [0.2, 0.25) is 5.02 Å². The summed E-state index contributed by atoms with van der Waals surface area (Å²) in [5, 5.41) is 3.59. The van der Waals surface area contributed by atoms with Crippen LogP contribution >= 0.6 is 35.1 Å². The minimum Gasteiger partial charge on any atom is -0.484 e. The van der Waals surface area contributed by atoms with Crippen LogP contribution < -0.4 is 10.1 Å². The first-order valence-electron chi connectivity index (χ1n) is 8.18. The fraction of sp³-hybridized carbons (Fsp3) is 0.316. The molecule has 132 valence electrons. The number of halogens is 1. The lowest BCUT2D eigenvalue weighted by atomic mass is 10.1. The summed E-state index contributed by atoms with van der Waals surface area (Å²) in [6.45, 7) is 0.617. The molecule has 25 heavy (non-hydrogen) atoms. The Labute approximate surface area is 161 Å². The monoisotopic (exact) mass is 393 g/mol. The van der Waals surface area contributed by atoms with E-state index in [0.717, 1.165) is 22.8 Å². The number of thioether (sulfide) groups is 2. The van der Waals surface area contributed by atoms with Gasteiger partial charge >= 0.3 is 0 Å². The number of ether oxygens (including phenoxy) is 1. The van der Waals surface area contributed by atoms with Gasteiger partial charge in [-0.3, -0.25) is 4.79 Å². The van der Waals surface area contributed by atoms with Gasteiger partial charge in [0.1, 0.15) is 5.75 Å². The zero-order chi connectivity index (χ0) is 17.5. The van der Waals surface area contributed by atoms with Crippen LogP contribution in [-0.4, -0.2) is 30.6 Å². The molecule has 0 bridgehead atoms. The smallest absolute Gasteiger partial charge is 0.257 e. The van der Waals surface area contributed by atoms with E-state index in [1.54, 1.807) is 0 Å². The summed E-state index contributed by atoms with van der Waals surface area (Å²) in [5.41, 5.74) is 2.45. The molecule has 2 aromatic carbocycles. The molecule has 1 fully saturated rings. The first kappa shape index (κ1) is 18.5. The molecule has 0 spiro atoms. The van der Waals surface area contributed by atoms with Gasteiger partial charge in [-0.15, -0.1) is 23.5 Å². The van der Waals surface area contributed by atoms with Crippen molar-refractivity contribution in [3.8, 4) is 5.75 Å². The molecule has 1 saturated heterocycles. The highest BCUT2D eigenvalue weighted by atomic mass is 35.5. The van der Waals surface area contributed by atoms with Crippen molar-refractivity contribution >= 4 is 41.0 Å². The van der Waals surface area contributed by atoms with Crippen molar-refractivity contribution in [3.63, 3.8) is 0 Å². The predicted molar refractivity (Wildman–Crippen MR) is 108 cm³/mol. The minimum absolute atomic E-state index is 0.0346. The molecule has 6 heteroatoms. The summed E-state index contributed by atoms with van der Waals surface area (Å²) >= 11 is 9.81. The second-order valence-corrected chi connectivity index (χ2v) is 8.82. The molecule has 2 aromatic rings. The van der Waals surface area contributed by atoms with Crippen molar-refractivity contribution in [3.05, 3.63) is 64.7 Å². The average molecular weight is 394 g/mol. The van der Waals surface area contributed by atoms with Crippen molar-refractivity contribution in [2.75, 3.05) is 24.7 Å². The molecule has 1 N–H and O–H groups in total. The summed E-state index contributed by atoms with van der Waals surface area (Å²) in [5.74, 6) is 3.04. The van der Waals surface area contributed by atoms with Crippen LogP contribution in [0.15, 0.2) is 48.5 Å². The first-order chi connectivity index (χ1) is 12.2. The Morgan fingerprint density at radius 1 is 1.08 bits per heavy atom.